The molecule has 1 aromatic rings. The van der Waals surface area contributed by atoms with Crippen molar-refractivity contribution >= 4 is 6.09 Å². The standard InChI is InChI=1S/C17H28N2O2/c1-16(2,3)21-15(20)19-14(12-18)11-17(4,5)13-9-7-6-8-10-13/h6-10,14H,11-12,18H2,1-5H3,(H,19,20). The average Bonchev–Trinajstić information content (AvgIpc) is 2.36. The lowest BCUT2D eigenvalue weighted by Crippen LogP contribution is -2.45. The summed E-state index contributed by atoms with van der Waals surface area (Å²) in [6, 6.07) is 10.1. The molecule has 21 heavy (non-hydrogen) atoms. The number of nitrogens with one attached hydrogen (secondary N) is 1. The van der Waals surface area contributed by atoms with E-state index in [0.29, 0.717) is 6.54 Å². The lowest BCUT2D eigenvalue weighted by molar-refractivity contribution is 0.0499. The number of hydrogen-bond acceptors (Lipinski definition) is 3. The predicted octanol–water partition coefficient (Wildman–Crippen LogP) is 3.21. The minimum atomic E-state index is -0.502. The monoisotopic (exact) mass is 292 g/mol. The molecule has 1 aromatic carbocycles. The average molecular weight is 292 g/mol. The van der Waals surface area contributed by atoms with Gasteiger partial charge in [-0.1, -0.05) is 44.2 Å². The van der Waals surface area contributed by atoms with Crippen LogP contribution in [0.25, 0.3) is 0 Å². The summed E-state index contributed by atoms with van der Waals surface area (Å²) in [5.41, 5.74) is 6.46. The molecule has 1 amide bonds. The van der Waals surface area contributed by atoms with E-state index in [9.17, 15) is 4.79 Å². The smallest absolute Gasteiger partial charge is 0.407 e. The second kappa shape index (κ2) is 6.94. The summed E-state index contributed by atoms with van der Waals surface area (Å²) in [6.45, 7) is 10.2. The van der Waals surface area contributed by atoms with Crippen molar-refractivity contribution in [2.24, 2.45) is 5.73 Å². The molecule has 4 nitrogen and oxygen atoms in total. The summed E-state index contributed by atoms with van der Waals surface area (Å²) in [5, 5.41) is 2.86. The van der Waals surface area contributed by atoms with E-state index in [1.165, 1.54) is 5.56 Å². The molecule has 1 atom stereocenters. The normalized spacial score (nSPS) is 13.6. The third-order valence-electron chi connectivity index (χ3n) is 3.32. The largest absolute Gasteiger partial charge is 0.444 e. The van der Waals surface area contributed by atoms with Gasteiger partial charge in [-0.2, -0.15) is 0 Å². The Morgan fingerprint density at radius 3 is 2.24 bits per heavy atom. The molecule has 0 fully saturated rings. The SMILES string of the molecule is CC(C)(C)OC(=O)NC(CN)CC(C)(C)c1ccccc1. The number of rotatable bonds is 5. The Kier molecular flexibility index (Phi) is 5.78. The molecule has 4 heteroatoms. The molecular formula is C17H28N2O2. The van der Waals surface area contributed by atoms with Gasteiger partial charge in [0.25, 0.3) is 0 Å². The fourth-order valence-electron chi connectivity index (χ4n) is 2.29. The second-order valence-electron chi connectivity index (χ2n) is 7.03. The van der Waals surface area contributed by atoms with E-state index >= 15 is 0 Å². The van der Waals surface area contributed by atoms with Crippen molar-refractivity contribution in [2.45, 2.75) is 58.1 Å². The van der Waals surface area contributed by atoms with Crippen LogP contribution in [-0.2, 0) is 10.2 Å². The number of ether oxygens (including phenoxy) is 1. The van der Waals surface area contributed by atoms with E-state index in [0.717, 1.165) is 6.42 Å². The van der Waals surface area contributed by atoms with E-state index in [1.807, 2.05) is 39.0 Å². The molecule has 0 saturated heterocycles. The second-order valence-corrected chi connectivity index (χ2v) is 7.03. The van der Waals surface area contributed by atoms with Crippen molar-refractivity contribution < 1.29 is 9.53 Å². The summed E-state index contributed by atoms with van der Waals surface area (Å²) in [5.74, 6) is 0. The molecule has 0 heterocycles. The van der Waals surface area contributed by atoms with Gasteiger partial charge in [0.2, 0.25) is 0 Å². The Hall–Kier alpha value is -1.55. The van der Waals surface area contributed by atoms with Gasteiger partial charge in [0, 0.05) is 12.6 Å². The van der Waals surface area contributed by atoms with Crippen LogP contribution < -0.4 is 11.1 Å². The third-order valence-corrected chi connectivity index (χ3v) is 3.32. The summed E-state index contributed by atoms with van der Waals surface area (Å²) >= 11 is 0. The Balaban J connectivity index is 2.67. The van der Waals surface area contributed by atoms with Crippen molar-refractivity contribution in [3.63, 3.8) is 0 Å². The summed E-state index contributed by atoms with van der Waals surface area (Å²) < 4.78 is 5.28. The predicted molar refractivity (Wildman–Crippen MR) is 86.3 cm³/mol. The lowest BCUT2D eigenvalue weighted by atomic mass is 9.79. The van der Waals surface area contributed by atoms with Crippen molar-refractivity contribution in [3.05, 3.63) is 35.9 Å². The molecule has 0 bridgehead atoms. The fourth-order valence-corrected chi connectivity index (χ4v) is 2.29. The first kappa shape index (κ1) is 17.5. The van der Waals surface area contributed by atoms with Crippen molar-refractivity contribution in [1.29, 1.82) is 0 Å². The van der Waals surface area contributed by atoms with Gasteiger partial charge in [0.15, 0.2) is 0 Å². The maximum Gasteiger partial charge on any atom is 0.407 e. The van der Waals surface area contributed by atoms with Gasteiger partial charge in [-0.25, -0.2) is 4.79 Å². The minimum Gasteiger partial charge on any atom is -0.444 e. The van der Waals surface area contributed by atoms with E-state index in [-0.39, 0.29) is 11.5 Å². The highest BCUT2D eigenvalue weighted by molar-refractivity contribution is 5.68. The van der Waals surface area contributed by atoms with Gasteiger partial charge in [-0.15, -0.1) is 0 Å². The summed E-state index contributed by atoms with van der Waals surface area (Å²) in [7, 11) is 0. The number of benzene rings is 1. The summed E-state index contributed by atoms with van der Waals surface area (Å²) in [4.78, 5) is 11.9. The molecule has 1 rings (SSSR count). The Labute approximate surface area is 128 Å². The van der Waals surface area contributed by atoms with Gasteiger partial charge >= 0.3 is 6.09 Å². The molecule has 0 aliphatic rings. The van der Waals surface area contributed by atoms with Crippen LogP contribution >= 0.6 is 0 Å². The summed E-state index contributed by atoms with van der Waals surface area (Å²) in [6.07, 6.45) is 0.342. The van der Waals surface area contributed by atoms with Crippen molar-refractivity contribution in [2.75, 3.05) is 6.54 Å². The van der Waals surface area contributed by atoms with Gasteiger partial charge in [0.1, 0.15) is 5.60 Å². The van der Waals surface area contributed by atoms with E-state index in [4.69, 9.17) is 10.5 Å². The van der Waals surface area contributed by atoms with E-state index < -0.39 is 11.7 Å². The Morgan fingerprint density at radius 1 is 1.19 bits per heavy atom. The van der Waals surface area contributed by atoms with Crippen LogP contribution in [-0.4, -0.2) is 24.3 Å². The highest BCUT2D eigenvalue weighted by Gasteiger charge is 2.26. The topological polar surface area (TPSA) is 64.3 Å². The highest BCUT2D eigenvalue weighted by Crippen LogP contribution is 2.28. The Bertz CT molecular complexity index is 450. The number of amides is 1. The molecule has 0 aromatic heterocycles. The number of alkyl carbamates (subject to hydrolysis) is 1. The molecule has 1 unspecified atom stereocenters. The van der Waals surface area contributed by atoms with Crippen LogP contribution in [0.4, 0.5) is 4.79 Å². The zero-order chi connectivity index (χ0) is 16.1. The van der Waals surface area contributed by atoms with Gasteiger partial charge in [-0.3, -0.25) is 0 Å². The van der Waals surface area contributed by atoms with Crippen LogP contribution in [0.5, 0.6) is 0 Å². The molecular weight excluding hydrogens is 264 g/mol. The molecule has 0 aliphatic heterocycles. The van der Waals surface area contributed by atoms with E-state index in [2.05, 4.69) is 31.3 Å². The third kappa shape index (κ3) is 6.17. The fraction of sp³-hybridized carbons (Fsp3) is 0.588. The zero-order valence-corrected chi connectivity index (χ0v) is 13.8. The van der Waals surface area contributed by atoms with Crippen LogP contribution in [0, 0.1) is 0 Å². The van der Waals surface area contributed by atoms with Gasteiger partial charge < -0.3 is 15.8 Å². The van der Waals surface area contributed by atoms with Crippen LogP contribution in [0.3, 0.4) is 0 Å². The maximum atomic E-state index is 11.9. The minimum absolute atomic E-state index is 0.0691. The van der Waals surface area contributed by atoms with Crippen LogP contribution in [0.1, 0.15) is 46.6 Å². The lowest BCUT2D eigenvalue weighted by Gasteiger charge is -2.31. The molecule has 0 aliphatic carbocycles. The van der Waals surface area contributed by atoms with Gasteiger partial charge in [-0.05, 0) is 38.2 Å². The molecule has 3 N–H and O–H groups in total. The van der Waals surface area contributed by atoms with Gasteiger partial charge in [0.05, 0.1) is 0 Å². The number of carbonyl (C=O) groups is 1. The first-order valence-corrected chi connectivity index (χ1v) is 7.39. The first-order chi connectivity index (χ1) is 9.64. The molecule has 118 valence electrons. The number of nitrogens with two attached hydrogens (primary N) is 1. The van der Waals surface area contributed by atoms with E-state index in [1.54, 1.807) is 0 Å². The number of hydrogen-bond donors (Lipinski definition) is 2. The van der Waals surface area contributed by atoms with Crippen LogP contribution in [0.2, 0.25) is 0 Å². The molecule has 0 radical (unpaired) electrons. The maximum absolute atomic E-state index is 11.9. The zero-order valence-electron chi connectivity index (χ0n) is 13.8. The quantitative estimate of drug-likeness (QED) is 0.876. The van der Waals surface area contributed by atoms with Crippen molar-refractivity contribution in [1.82, 2.24) is 5.32 Å². The Morgan fingerprint density at radius 2 is 1.76 bits per heavy atom. The highest BCUT2D eigenvalue weighted by atomic mass is 16.6. The number of carbonyl (C=O) groups excluding carboxylic acids is 1. The van der Waals surface area contributed by atoms with Crippen molar-refractivity contribution in [3.8, 4) is 0 Å². The first-order valence-electron chi connectivity index (χ1n) is 7.39. The van der Waals surface area contributed by atoms with Crippen LogP contribution in [0.15, 0.2) is 30.3 Å². The molecule has 0 saturated carbocycles. The molecule has 0 spiro atoms.